The number of aliphatic imine (C=N–C) groups is 1. The standard InChI is InChI=1S/C25H41N5O/c1-5-26-25(28-23-11-14-30(18-23)24(31)19(2)3)27-16-21-7-6-8-22(15-21)17-29-12-9-20(4)10-13-29/h6-8,15,19-20,23H,5,9-14,16-18H2,1-4H3,(H2,26,27,28). The van der Waals surface area contributed by atoms with E-state index in [1.807, 2.05) is 18.7 Å². The van der Waals surface area contributed by atoms with E-state index in [1.54, 1.807) is 0 Å². The molecule has 2 heterocycles. The molecule has 2 aliphatic heterocycles. The summed E-state index contributed by atoms with van der Waals surface area (Å²) in [5.41, 5.74) is 2.61. The summed E-state index contributed by atoms with van der Waals surface area (Å²) in [6.45, 7) is 14.9. The normalized spacial score (nSPS) is 21.0. The number of guanidine groups is 1. The molecule has 2 saturated heterocycles. The minimum Gasteiger partial charge on any atom is -0.357 e. The maximum Gasteiger partial charge on any atom is 0.225 e. The van der Waals surface area contributed by atoms with Crippen LogP contribution in [-0.4, -0.2) is 60.4 Å². The molecule has 0 aromatic heterocycles. The number of benzene rings is 1. The highest BCUT2D eigenvalue weighted by molar-refractivity contribution is 5.81. The van der Waals surface area contributed by atoms with Gasteiger partial charge in [0.05, 0.1) is 6.54 Å². The molecular weight excluding hydrogens is 386 g/mol. The molecule has 0 spiro atoms. The van der Waals surface area contributed by atoms with Crippen LogP contribution in [0.25, 0.3) is 0 Å². The maximum atomic E-state index is 12.3. The van der Waals surface area contributed by atoms with Gasteiger partial charge in [-0.05, 0) is 56.3 Å². The topological polar surface area (TPSA) is 60.0 Å². The lowest BCUT2D eigenvalue weighted by Gasteiger charge is -2.30. The van der Waals surface area contributed by atoms with Gasteiger partial charge in [-0.3, -0.25) is 9.69 Å². The number of hydrogen-bond acceptors (Lipinski definition) is 3. The fourth-order valence-electron chi connectivity index (χ4n) is 4.43. The zero-order chi connectivity index (χ0) is 22.2. The largest absolute Gasteiger partial charge is 0.357 e. The predicted molar refractivity (Wildman–Crippen MR) is 128 cm³/mol. The lowest BCUT2D eigenvalue weighted by Crippen LogP contribution is -2.45. The molecule has 1 amide bonds. The molecular formula is C25H41N5O. The smallest absolute Gasteiger partial charge is 0.225 e. The van der Waals surface area contributed by atoms with Gasteiger partial charge >= 0.3 is 0 Å². The molecule has 2 N–H and O–H groups in total. The third-order valence-electron chi connectivity index (χ3n) is 6.37. The van der Waals surface area contributed by atoms with E-state index in [9.17, 15) is 4.79 Å². The van der Waals surface area contributed by atoms with Crippen molar-refractivity contribution < 1.29 is 4.79 Å². The number of hydrogen-bond donors (Lipinski definition) is 2. The Bertz CT molecular complexity index is 739. The Balaban J connectivity index is 1.55. The van der Waals surface area contributed by atoms with Gasteiger partial charge in [0, 0.05) is 38.1 Å². The number of nitrogens with one attached hydrogen (secondary N) is 2. The van der Waals surface area contributed by atoms with Crippen LogP contribution in [0.1, 0.15) is 58.1 Å². The number of rotatable bonds is 7. The quantitative estimate of drug-likeness (QED) is 0.518. The van der Waals surface area contributed by atoms with Crippen molar-refractivity contribution in [2.75, 3.05) is 32.7 Å². The van der Waals surface area contributed by atoms with Crippen LogP contribution in [0.15, 0.2) is 29.3 Å². The van der Waals surface area contributed by atoms with Gasteiger partial charge in [-0.15, -0.1) is 0 Å². The second kappa shape index (κ2) is 11.5. The van der Waals surface area contributed by atoms with Gasteiger partial charge in [0.1, 0.15) is 0 Å². The van der Waals surface area contributed by atoms with Crippen molar-refractivity contribution in [3.05, 3.63) is 35.4 Å². The second-order valence-corrected chi connectivity index (χ2v) is 9.54. The third-order valence-corrected chi connectivity index (χ3v) is 6.37. The molecule has 6 heteroatoms. The van der Waals surface area contributed by atoms with Gasteiger partial charge < -0.3 is 15.5 Å². The number of carbonyl (C=O) groups excluding carboxylic acids is 1. The first-order valence-corrected chi connectivity index (χ1v) is 12.1. The zero-order valence-electron chi connectivity index (χ0n) is 19.9. The van der Waals surface area contributed by atoms with E-state index >= 15 is 0 Å². The van der Waals surface area contributed by atoms with Gasteiger partial charge in [0.25, 0.3) is 0 Å². The fraction of sp³-hybridized carbons (Fsp3) is 0.680. The van der Waals surface area contributed by atoms with E-state index in [4.69, 9.17) is 4.99 Å². The SMILES string of the molecule is CCNC(=NCc1cccc(CN2CCC(C)CC2)c1)NC1CCN(C(=O)C(C)C)C1. The minimum atomic E-state index is 0.0567. The van der Waals surface area contributed by atoms with Crippen molar-refractivity contribution in [1.29, 1.82) is 0 Å². The summed E-state index contributed by atoms with van der Waals surface area (Å²) in [5, 5.41) is 6.89. The highest BCUT2D eigenvalue weighted by atomic mass is 16.2. The highest BCUT2D eigenvalue weighted by Gasteiger charge is 2.28. The first-order valence-electron chi connectivity index (χ1n) is 12.1. The molecule has 31 heavy (non-hydrogen) atoms. The van der Waals surface area contributed by atoms with Crippen LogP contribution in [0.2, 0.25) is 0 Å². The Morgan fingerprint density at radius 3 is 2.61 bits per heavy atom. The van der Waals surface area contributed by atoms with E-state index < -0.39 is 0 Å². The molecule has 1 atom stereocenters. The number of amides is 1. The average Bonchev–Trinajstić information content (AvgIpc) is 3.22. The summed E-state index contributed by atoms with van der Waals surface area (Å²) in [4.78, 5) is 21.6. The zero-order valence-corrected chi connectivity index (χ0v) is 19.9. The predicted octanol–water partition coefficient (Wildman–Crippen LogP) is 3.23. The summed E-state index contributed by atoms with van der Waals surface area (Å²) < 4.78 is 0. The monoisotopic (exact) mass is 427 g/mol. The first-order chi connectivity index (χ1) is 14.9. The van der Waals surface area contributed by atoms with E-state index in [-0.39, 0.29) is 17.9 Å². The van der Waals surface area contributed by atoms with Crippen molar-refractivity contribution in [2.24, 2.45) is 16.8 Å². The lowest BCUT2D eigenvalue weighted by molar-refractivity contribution is -0.133. The van der Waals surface area contributed by atoms with E-state index in [1.165, 1.54) is 37.1 Å². The first kappa shape index (κ1) is 23.6. The number of piperidine rings is 1. The third kappa shape index (κ3) is 7.23. The maximum absolute atomic E-state index is 12.3. The summed E-state index contributed by atoms with van der Waals surface area (Å²) >= 11 is 0. The molecule has 1 aromatic rings. The molecule has 1 unspecified atom stereocenters. The minimum absolute atomic E-state index is 0.0567. The molecule has 2 fully saturated rings. The summed E-state index contributed by atoms with van der Waals surface area (Å²) in [6.07, 6.45) is 3.58. The van der Waals surface area contributed by atoms with E-state index in [0.29, 0.717) is 6.54 Å². The highest BCUT2D eigenvalue weighted by Crippen LogP contribution is 2.19. The summed E-state index contributed by atoms with van der Waals surface area (Å²) in [5.74, 6) is 2.00. The van der Waals surface area contributed by atoms with E-state index in [2.05, 4.69) is 53.6 Å². The van der Waals surface area contributed by atoms with Crippen LogP contribution in [0.4, 0.5) is 0 Å². The lowest BCUT2D eigenvalue weighted by atomic mass is 9.98. The molecule has 0 radical (unpaired) electrons. The number of carbonyl (C=O) groups is 1. The van der Waals surface area contributed by atoms with Gasteiger partial charge in [-0.25, -0.2) is 4.99 Å². The molecule has 3 rings (SSSR count). The van der Waals surface area contributed by atoms with Gasteiger partial charge in [-0.2, -0.15) is 0 Å². The van der Waals surface area contributed by atoms with Gasteiger partial charge in [0.15, 0.2) is 5.96 Å². The van der Waals surface area contributed by atoms with Crippen molar-refractivity contribution in [3.8, 4) is 0 Å². The summed E-state index contributed by atoms with van der Waals surface area (Å²) in [6, 6.07) is 9.10. The van der Waals surface area contributed by atoms with Crippen molar-refractivity contribution >= 4 is 11.9 Å². The van der Waals surface area contributed by atoms with Gasteiger partial charge in [0.2, 0.25) is 5.91 Å². The molecule has 0 aliphatic carbocycles. The van der Waals surface area contributed by atoms with Crippen molar-refractivity contribution in [3.63, 3.8) is 0 Å². The Hall–Kier alpha value is -2.08. The molecule has 2 aliphatic rings. The van der Waals surface area contributed by atoms with Crippen LogP contribution in [0.3, 0.4) is 0 Å². The van der Waals surface area contributed by atoms with Crippen molar-refractivity contribution in [2.45, 2.75) is 66.1 Å². The molecule has 0 saturated carbocycles. The van der Waals surface area contributed by atoms with Crippen LogP contribution >= 0.6 is 0 Å². The Morgan fingerprint density at radius 1 is 1.16 bits per heavy atom. The molecule has 0 bridgehead atoms. The van der Waals surface area contributed by atoms with Crippen molar-refractivity contribution in [1.82, 2.24) is 20.4 Å². The van der Waals surface area contributed by atoms with Gasteiger partial charge in [-0.1, -0.05) is 45.0 Å². The average molecular weight is 428 g/mol. The van der Waals surface area contributed by atoms with Crippen LogP contribution in [-0.2, 0) is 17.9 Å². The van der Waals surface area contributed by atoms with E-state index in [0.717, 1.165) is 44.5 Å². The summed E-state index contributed by atoms with van der Waals surface area (Å²) in [7, 11) is 0. The Kier molecular flexibility index (Phi) is 8.76. The Morgan fingerprint density at radius 2 is 1.90 bits per heavy atom. The molecule has 6 nitrogen and oxygen atoms in total. The van der Waals surface area contributed by atoms with Crippen LogP contribution in [0, 0.1) is 11.8 Å². The Labute approximate surface area is 188 Å². The number of nitrogens with zero attached hydrogens (tertiary/aromatic N) is 3. The fourth-order valence-corrected chi connectivity index (χ4v) is 4.43. The number of likely N-dealkylation sites (tertiary alicyclic amines) is 2. The van der Waals surface area contributed by atoms with Crippen LogP contribution < -0.4 is 10.6 Å². The molecule has 172 valence electrons. The van der Waals surface area contributed by atoms with Crippen LogP contribution in [0.5, 0.6) is 0 Å². The second-order valence-electron chi connectivity index (χ2n) is 9.54. The molecule has 1 aromatic carbocycles.